The Morgan fingerprint density at radius 1 is 1.27 bits per heavy atom. The first-order chi connectivity index (χ1) is 10.5. The van der Waals surface area contributed by atoms with Gasteiger partial charge in [0.15, 0.2) is 0 Å². The maximum Gasteiger partial charge on any atom is 0.358 e. The second kappa shape index (κ2) is 9.30. The lowest BCUT2D eigenvalue weighted by atomic mass is 10.3. The van der Waals surface area contributed by atoms with Crippen molar-refractivity contribution in [3.05, 3.63) is 5.51 Å². The first kappa shape index (κ1) is 18.3. The Morgan fingerprint density at radius 3 is 2.45 bits per heavy atom. The molecule has 1 heterocycles. The van der Waals surface area contributed by atoms with Crippen molar-refractivity contribution in [3.63, 3.8) is 0 Å². The number of rotatable bonds is 10. The highest BCUT2D eigenvalue weighted by Crippen LogP contribution is 2.15. The molecule has 0 amide bonds. The van der Waals surface area contributed by atoms with Crippen LogP contribution >= 0.6 is 11.3 Å². The second-order valence-electron chi connectivity index (χ2n) is 4.52. The van der Waals surface area contributed by atoms with Crippen molar-refractivity contribution in [2.75, 3.05) is 23.7 Å². The van der Waals surface area contributed by atoms with Crippen LogP contribution in [0.5, 0.6) is 0 Å². The van der Waals surface area contributed by atoms with Gasteiger partial charge in [-0.3, -0.25) is 0 Å². The molecule has 0 N–H and O–H groups in total. The third-order valence-corrected chi connectivity index (χ3v) is 4.51. The summed E-state index contributed by atoms with van der Waals surface area (Å²) >= 11 is 1.40. The molecule has 0 aliphatic carbocycles. The summed E-state index contributed by atoms with van der Waals surface area (Å²) in [4.78, 5) is 1.93. The van der Waals surface area contributed by atoms with Gasteiger partial charge in [-0.05, 0) is 24.2 Å². The topological polar surface area (TPSA) is 125 Å². The zero-order valence-corrected chi connectivity index (χ0v) is 13.6. The first-order valence-corrected chi connectivity index (χ1v) is 9.19. The molecule has 0 aliphatic rings. The van der Waals surface area contributed by atoms with Gasteiger partial charge in [-0.15, -0.1) is 4.68 Å². The molecule has 0 bridgehead atoms. The van der Waals surface area contributed by atoms with Gasteiger partial charge in [-0.1, -0.05) is 5.10 Å². The molecular weight excluding hydrogens is 326 g/mol. The van der Waals surface area contributed by atoms with E-state index in [1.165, 1.54) is 11.3 Å². The number of aromatic nitrogens is 2. The lowest BCUT2D eigenvalue weighted by Crippen LogP contribution is -2.43. The molecule has 1 aromatic rings. The van der Waals surface area contributed by atoms with Crippen molar-refractivity contribution in [2.45, 2.75) is 32.2 Å². The lowest BCUT2D eigenvalue weighted by molar-refractivity contribution is -0.737. The Balaban J connectivity index is 2.64. The van der Waals surface area contributed by atoms with Gasteiger partial charge in [0.1, 0.15) is 12.1 Å². The molecule has 10 heteroatoms. The van der Waals surface area contributed by atoms with E-state index in [1.54, 1.807) is 10.2 Å². The standard InChI is InChI=1S/C12H17N5O3S2/c13-5-3-7-16(8-4-6-14)12-17(15-11-21-12)9-1-2-10-22(18,19)20/h11H,1-4,7-10H2. The lowest BCUT2D eigenvalue weighted by Gasteiger charge is -2.13. The SMILES string of the molecule is N#CCCN(CCC#N)c1scn[n+]1CCCCS(=O)(=O)[O-]. The molecule has 1 aromatic heterocycles. The Morgan fingerprint density at radius 2 is 1.91 bits per heavy atom. The molecule has 0 radical (unpaired) electrons. The summed E-state index contributed by atoms with van der Waals surface area (Å²) in [6.45, 7) is 1.51. The third-order valence-electron chi connectivity index (χ3n) is 2.84. The summed E-state index contributed by atoms with van der Waals surface area (Å²) in [6.07, 6.45) is 1.49. The van der Waals surface area contributed by atoms with Crippen molar-refractivity contribution in [3.8, 4) is 12.1 Å². The Kier molecular flexibility index (Phi) is 7.74. The highest BCUT2D eigenvalue weighted by atomic mass is 32.2. The summed E-state index contributed by atoms with van der Waals surface area (Å²) in [6, 6.07) is 4.15. The van der Waals surface area contributed by atoms with Gasteiger partial charge < -0.3 is 4.55 Å². The zero-order chi connectivity index (χ0) is 16.4. The predicted molar refractivity (Wildman–Crippen MR) is 78.8 cm³/mol. The monoisotopic (exact) mass is 343 g/mol. The minimum absolute atomic E-state index is 0.284. The molecule has 0 saturated heterocycles. The summed E-state index contributed by atoms with van der Waals surface area (Å²) in [5, 5.41) is 22.4. The second-order valence-corrected chi connectivity index (χ2v) is 6.85. The molecule has 1 rings (SSSR count). The van der Waals surface area contributed by atoms with Crippen LogP contribution in [0.2, 0.25) is 0 Å². The Bertz CT molecular complexity index is 626. The summed E-state index contributed by atoms with van der Waals surface area (Å²) in [5.41, 5.74) is 1.66. The largest absolute Gasteiger partial charge is 0.748 e. The molecule has 0 fully saturated rings. The molecular formula is C12H17N5O3S2. The summed E-state index contributed by atoms with van der Waals surface area (Å²) < 4.78 is 33.4. The zero-order valence-electron chi connectivity index (χ0n) is 12.0. The van der Waals surface area contributed by atoms with Crippen LogP contribution in [0.4, 0.5) is 5.13 Å². The van der Waals surface area contributed by atoms with Gasteiger partial charge in [0, 0.05) is 5.75 Å². The van der Waals surface area contributed by atoms with E-state index in [0.29, 0.717) is 38.9 Å². The molecule has 0 saturated carbocycles. The van der Waals surface area contributed by atoms with Crippen LogP contribution in [0, 0.1) is 22.7 Å². The fourth-order valence-electron chi connectivity index (χ4n) is 1.84. The molecule has 0 aliphatic heterocycles. The predicted octanol–water partition coefficient (Wildman–Crippen LogP) is 0.390. The van der Waals surface area contributed by atoms with Gasteiger partial charge in [0.25, 0.3) is 0 Å². The highest BCUT2D eigenvalue weighted by molar-refractivity contribution is 7.85. The van der Waals surface area contributed by atoms with Crippen molar-refractivity contribution in [2.24, 2.45) is 0 Å². The van der Waals surface area contributed by atoms with Crippen LogP contribution in [-0.4, -0.2) is 36.9 Å². The van der Waals surface area contributed by atoms with Crippen molar-refractivity contribution < 1.29 is 17.7 Å². The van der Waals surface area contributed by atoms with Gasteiger partial charge in [-0.25, -0.2) is 13.3 Å². The van der Waals surface area contributed by atoms with Gasteiger partial charge >= 0.3 is 5.13 Å². The van der Waals surface area contributed by atoms with E-state index >= 15 is 0 Å². The minimum atomic E-state index is -4.18. The Labute approximate surface area is 134 Å². The van der Waals surface area contributed by atoms with Crippen LogP contribution in [0.25, 0.3) is 0 Å². The van der Waals surface area contributed by atoms with E-state index in [4.69, 9.17) is 10.5 Å². The molecule has 0 spiro atoms. The average molecular weight is 343 g/mol. The van der Waals surface area contributed by atoms with Crippen molar-refractivity contribution in [1.29, 1.82) is 10.5 Å². The summed E-state index contributed by atoms with van der Waals surface area (Å²) in [5.74, 6) is -0.375. The minimum Gasteiger partial charge on any atom is -0.748 e. The van der Waals surface area contributed by atoms with Crippen LogP contribution in [0.15, 0.2) is 5.51 Å². The van der Waals surface area contributed by atoms with Crippen LogP contribution in [0.3, 0.4) is 0 Å². The Hall–Kier alpha value is -1.75. The average Bonchev–Trinajstić information content (AvgIpc) is 2.91. The first-order valence-electron chi connectivity index (χ1n) is 6.74. The van der Waals surface area contributed by atoms with Crippen LogP contribution in [0.1, 0.15) is 25.7 Å². The van der Waals surface area contributed by atoms with Gasteiger partial charge in [0.2, 0.25) is 0 Å². The molecule has 0 atom stereocenters. The number of anilines is 1. The van der Waals surface area contributed by atoms with Gasteiger partial charge in [-0.2, -0.15) is 10.5 Å². The van der Waals surface area contributed by atoms with E-state index < -0.39 is 10.1 Å². The normalized spacial score (nSPS) is 10.9. The number of unbranched alkanes of at least 4 members (excludes halogenated alkanes) is 1. The van der Waals surface area contributed by atoms with Crippen LogP contribution in [-0.2, 0) is 16.7 Å². The summed E-state index contributed by atoms with van der Waals surface area (Å²) in [7, 11) is -4.18. The molecule has 0 unspecified atom stereocenters. The molecule has 22 heavy (non-hydrogen) atoms. The van der Waals surface area contributed by atoms with Crippen LogP contribution < -0.4 is 9.58 Å². The quantitative estimate of drug-likeness (QED) is 0.342. The van der Waals surface area contributed by atoms with Crippen molar-refractivity contribution >= 4 is 26.6 Å². The highest BCUT2D eigenvalue weighted by Gasteiger charge is 2.22. The number of nitrogens with zero attached hydrogens (tertiary/aromatic N) is 5. The molecule has 120 valence electrons. The number of hydrogen-bond acceptors (Lipinski definition) is 8. The van der Waals surface area contributed by atoms with E-state index in [0.717, 1.165) is 5.13 Å². The van der Waals surface area contributed by atoms with E-state index in [-0.39, 0.29) is 12.2 Å². The number of aryl methyl sites for hydroxylation is 1. The molecule has 8 nitrogen and oxygen atoms in total. The van der Waals surface area contributed by atoms with E-state index in [1.807, 2.05) is 4.90 Å². The number of nitriles is 2. The molecule has 0 aromatic carbocycles. The van der Waals surface area contributed by atoms with E-state index in [2.05, 4.69) is 17.2 Å². The number of hydrogen-bond donors (Lipinski definition) is 0. The maximum absolute atomic E-state index is 10.6. The fraction of sp³-hybridized carbons (Fsp3) is 0.667. The fourth-order valence-corrected chi connectivity index (χ4v) is 3.25. The van der Waals surface area contributed by atoms with Crippen molar-refractivity contribution in [1.82, 2.24) is 5.10 Å². The smallest absolute Gasteiger partial charge is 0.358 e. The maximum atomic E-state index is 10.6. The van der Waals surface area contributed by atoms with E-state index in [9.17, 15) is 13.0 Å². The van der Waals surface area contributed by atoms with Gasteiger partial charge in [0.05, 0.1) is 48.2 Å². The third kappa shape index (κ3) is 6.80.